The van der Waals surface area contributed by atoms with E-state index in [1.807, 2.05) is 0 Å². The van der Waals surface area contributed by atoms with Gasteiger partial charge in [0.05, 0.1) is 0 Å². The van der Waals surface area contributed by atoms with Gasteiger partial charge < -0.3 is 0 Å². The number of hydrogen-bond acceptors (Lipinski definition) is 0. The molecule has 0 aromatic heterocycles. The number of rotatable bonds is 0. The number of fused-ring (bicyclic) bond motifs is 1. The predicted octanol–water partition coefficient (Wildman–Crippen LogP) is 5.67. The first-order chi connectivity index (χ1) is 9.32. The summed E-state index contributed by atoms with van der Waals surface area (Å²) in [6.45, 7) is 10.5. The summed E-state index contributed by atoms with van der Waals surface area (Å²) in [5, 5.41) is 0. The van der Waals surface area contributed by atoms with Crippen molar-refractivity contribution in [3.63, 3.8) is 0 Å². The largest absolute Gasteiger partial charge is 0.0596 e. The lowest BCUT2D eigenvalue weighted by molar-refractivity contribution is -0.160. The van der Waals surface area contributed by atoms with Crippen molar-refractivity contribution in [1.29, 1.82) is 0 Å². The zero-order valence-electron chi connectivity index (χ0n) is 14.0. The van der Waals surface area contributed by atoms with Crippen LogP contribution in [0.1, 0.15) is 79.1 Å². The van der Waals surface area contributed by atoms with Gasteiger partial charge in [-0.1, -0.05) is 34.1 Å². The predicted molar refractivity (Wildman–Crippen MR) is 83.3 cm³/mol. The van der Waals surface area contributed by atoms with Crippen LogP contribution in [0.2, 0.25) is 0 Å². The van der Waals surface area contributed by atoms with Gasteiger partial charge in [0.15, 0.2) is 0 Å². The molecule has 7 atom stereocenters. The van der Waals surface area contributed by atoms with E-state index in [2.05, 4.69) is 27.7 Å². The molecule has 6 saturated carbocycles. The van der Waals surface area contributed by atoms with Gasteiger partial charge in [0.2, 0.25) is 0 Å². The third kappa shape index (κ3) is 1.16. The summed E-state index contributed by atoms with van der Waals surface area (Å²) >= 11 is 0. The molecule has 0 unspecified atom stereocenters. The molecule has 6 aliphatic rings. The second-order valence-electron chi connectivity index (χ2n) is 10.7. The highest BCUT2D eigenvalue weighted by atomic mass is 14.8. The second kappa shape index (κ2) is 3.18. The van der Waals surface area contributed by atoms with Crippen LogP contribution in [0.3, 0.4) is 0 Å². The van der Waals surface area contributed by atoms with Gasteiger partial charge in [-0.25, -0.2) is 0 Å². The Morgan fingerprint density at radius 3 is 2.30 bits per heavy atom. The maximum Gasteiger partial charge on any atom is -0.0255 e. The van der Waals surface area contributed by atoms with Gasteiger partial charge >= 0.3 is 0 Å². The summed E-state index contributed by atoms with van der Waals surface area (Å²) in [5.74, 6) is 4.39. The zero-order chi connectivity index (χ0) is 14.0. The molecular formula is C20H32. The van der Waals surface area contributed by atoms with E-state index >= 15 is 0 Å². The van der Waals surface area contributed by atoms with Crippen LogP contribution in [0.4, 0.5) is 0 Å². The molecule has 112 valence electrons. The van der Waals surface area contributed by atoms with Crippen molar-refractivity contribution < 1.29 is 0 Å². The average molecular weight is 272 g/mol. The summed E-state index contributed by atoms with van der Waals surface area (Å²) < 4.78 is 0. The molecular weight excluding hydrogens is 240 g/mol. The Morgan fingerprint density at radius 2 is 1.60 bits per heavy atom. The Labute approximate surface area is 125 Å². The molecule has 0 aliphatic heterocycles. The quantitative estimate of drug-likeness (QED) is 0.533. The summed E-state index contributed by atoms with van der Waals surface area (Å²) in [4.78, 5) is 0. The molecule has 20 heavy (non-hydrogen) atoms. The fourth-order valence-corrected chi connectivity index (χ4v) is 8.94. The molecule has 0 heterocycles. The number of hydrogen-bond donors (Lipinski definition) is 0. The van der Waals surface area contributed by atoms with Crippen molar-refractivity contribution in [3.05, 3.63) is 0 Å². The van der Waals surface area contributed by atoms with E-state index in [0.717, 1.165) is 34.5 Å². The highest BCUT2D eigenvalue weighted by Crippen LogP contribution is 2.85. The van der Waals surface area contributed by atoms with E-state index in [4.69, 9.17) is 0 Å². The van der Waals surface area contributed by atoms with Crippen molar-refractivity contribution >= 4 is 0 Å². The molecule has 6 fully saturated rings. The minimum atomic E-state index is 0.613. The SMILES string of the molecule is CC1(C)CCC[C@]2(C)[C@@H]1CC[C@@]13C[C@@H]4[C@@H](C[C@@H]12)[C@@]4(C)C3. The van der Waals surface area contributed by atoms with E-state index < -0.39 is 0 Å². The first-order valence-electron chi connectivity index (χ1n) is 9.32. The van der Waals surface area contributed by atoms with Crippen LogP contribution in [-0.4, -0.2) is 0 Å². The van der Waals surface area contributed by atoms with Crippen LogP contribution in [0.25, 0.3) is 0 Å². The Morgan fingerprint density at radius 1 is 0.800 bits per heavy atom. The molecule has 1 spiro atoms. The Kier molecular flexibility index (Phi) is 1.99. The lowest BCUT2D eigenvalue weighted by atomic mass is 9.40. The van der Waals surface area contributed by atoms with E-state index in [9.17, 15) is 0 Å². The molecule has 0 saturated heterocycles. The highest BCUT2D eigenvalue weighted by molar-refractivity contribution is 5.26. The van der Waals surface area contributed by atoms with Crippen LogP contribution >= 0.6 is 0 Å². The standard InChI is InChI=1S/C20H32/c1-17(2)7-5-8-18(3)15(17)6-9-20-11-14-13(10-16(18)20)19(14,4)12-20/h13-16H,5-12H2,1-4H3/t13-,14-,15-,16-,18-,19-,20+/m1/s1. The van der Waals surface area contributed by atoms with E-state index in [1.165, 1.54) is 12.8 Å². The van der Waals surface area contributed by atoms with Gasteiger partial charge in [-0.3, -0.25) is 0 Å². The maximum atomic E-state index is 2.72. The van der Waals surface area contributed by atoms with Crippen LogP contribution in [0.5, 0.6) is 0 Å². The van der Waals surface area contributed by atoms with Crippen LogP contribution < -0.4 is 0 Å². The normalized spacial score (nSPS) is 65.4. The molecule has 6 rings (SSSR count). The molecule has 0 aromatic rings. The van der Waals surface area contributed by atoms with Crippen molar-refractivity contribution in [2.24, 2.45) is 45.3 Å². The topological polar surface area (TPSA) is 0 Å². The minimum Gasteiger partial charge on any atom is -0.0596 e. The molecule has 0 nitrogen and oxygen atoms in total. The maximum absolute atomic E-state index is 2.72. The van der Waals surface area contributed by atoms with E-state index in [0.29, 0.717) is 10.8 Å². The summed E-state index contributed by atoms with van der Waals surface area (Å²) in [7, 11) is 0. The lowest BCUT2D eigenvalue weighted by Gasteiger charge is -2.65. The molecule has 6 aliphatic carbocycles. The smallest absolute Gasteiger partial charge is 0.0255 e. The van der Waals surface area contributed by atoms with Gasteiger partial charge in [0, 0.05) is 0 Å². The monoisotopic (exact) mass is 272 g/mol. The van der Waals surface area contributed by atoms with Crippen molar-refractivity contribution in [2.75, 3.05) is 0 Å². The Bertz CT molecular complexity index is 476. The Hall–Kier alpha value is 0. The van der Waals surface area contributed by atoms with Gasteiger partial charge in [0.25, 0.3) is 0 Å². The van der Waals surface area contributed by atoms with Gasteiger partial charge in [-0.15, -0.1) is 0 Å². The Balaban J connectivity index is 1.57. The summed E-state index contributed by atoms with van der Waals surface area (Å²) in [5.41, 5.74) is 2.91. The molecule has 0 aromatic carbocycles. The van der Waals surface area contributed by atoms with Crippen molar-refractivity contribution in [1.82, 2.24) is 0 Å². The fourth-order valence-electron chi connectivity index (χ4n) is 8.94. The van der Waals surface area contributed by atoms with Gasteiger partial charge in [-0.2, -0.15) is 0 Å². The third-order valence-corrected chi connectivity index (χ3v) is 9.66. The van der Waals surface area contributed by atoms with Crippen molar-refractivity contribution in [2.45, 2.75) is 79.1 Å². The molecule has 0 heteroatoms. The van der Waals surface area contributed by atoms with Crippen LogP contribution in [0, 0.1) is 45.3 Å². The summed E-state index contributed by atoms with van der Waals surface area (Å²) in [6, 6.07) is 0. The second-order valence-corrected chi connectivity index (χ2v) is 10.7. The molecule has 0 amide bonds. The lowest BCUT2D eigenvalue weighted by Crippen LogP contribution is -2.57. The van der Waals surface area contributed by atoms with Gasteiger partial charge in [-0.05, 0) is 90.3 Å². The van der Waals surface area contributed by atoms with Crippen LogP contribution in [-0.2, 0) is 0 Å². The molecule has 4 bridgehead atoms. The summed E-state index contributed by atoms with van der Waals surface area (Å²) in [6.07, 6.45) is 12.5. The first-order valence-corrected chi connectivity index (χ1v) is 9.32. The average Bonchev–Trinajstić information content (AvgIpc) is 2.80. The fraction of sp³-hybridized carbons (Fsp3) is 1.00. The third-order valence-electron chi connectivity index (χ3n) is 9.66. The molecule has 0 radical (unpaired) electrons. The van der Waals surface area contributed by atoms with E-state index in [1.54, 1.807) is 38.5 Å². The van der Waals surface area contributed by atoms with E-state index in [-0.39, 0.29) is 0 Å². The zero-order valence-corrected chi connectivity index (χ0v) is 14.0. The molecule has 0 N–H and O–H groups in total. The van der Waals surface area contributed by atoms with Gasteiger partial charge in [0.1, 0.15) is 0 Å². The highest BCUT2D eigenvalue weighted by Gasteiger charge is 2.78. The first kappa shape index (κ1) is 12.5. The van der Waals surface area contributed by atoms with Crippen molar-refractivity contribution in [3.8, 4) is 0 Å². The minimum absolute atomic E-state index is 0.613. The van der Waals surface area contributed by atoms with Crippen LogP contribution in [0.15, 0.2) is 0 Å².